The van der Waals surface area contributed by atoms with E-state index in [0.717, 1.165) is 25.7 Å². The van der Waals surface area contributed by atoms with Crippen LogP contribution in [0.15, 0.2) is 29.0 Å². The Morgan fingerprint density at radius 3 is 2.90 bits per heavy atom. The van der Waals surface area contributed by atoms with Crippen molar-refractivity contribution >= 4 is 11.8 Å². The number of pyridine rings is 1. The molecule has 0 radical (unpaired) electrons. The molecule has 1 amide bonds. The average Bonchev–Trinajstić information content (AvgIpc) is 3.09. The van der Waals surface area contributed by atoms with Gasteiger partial charge in [-0.2, -0.15) is 0 Å². The fourth-order valence-electron chi connectivity index (χ4n) is 2.55. The molecule has 0 aliphatic heterocycles. The van der Waals surface area contributed by atoms with Gasteiger partial charge >= 0.3 is 0 Å². The van der Waals surface area contributed by atoms with Crippen LogP contribution >= 0.6 is 0 Å². The Balaban J connectivity index is 1.89. The van der Waals surface area contributed by atoms with Gasteiger partial charge in [-0.1, -0.05) is 18.0 Å². The molecule has 0 bridgehead atoms. The molecule has 3 rings (SSSR count). The third-order valence-electron chi connectivity index (χ3n) is 3.57. The highest BCUT2D eigenvalue weighted by Crippen LogP contribution is 2.27. The Morgan fingerprint density at radius 1 is 1.40 bits per heavy atom. The van der Waals surface area contributed by atoms with Gasteiger partial charge in [0.05, 0.1) is 0 Å². The number of aromatic nitrogens is 2. The molecule has 3 N–H and O–H groups in total. The van der Waals surface area contributed by atoms with Crippen LogP contribution in [0.2, 0.25) is 0 Å². The summed E-state index contributed by atoms with van der Waals surface area (Å²) in [5.41, 5.74) is 7.19. The van der Waals surface area contributed by atoms with Crippen molar-refractivity contribution < 1.29 is 9.32 Å². The van der Waals surface area contributed by atoms with Crippen LogP contribution in [0.5, 0.6) is 0 Å². The van der Waals surface area contributed by atoms with Crippen molar-refractivity contribution in [1.82, 2.24) is 15.5 Å². The summed E-state index contributed by atoms with van der Waals surface area (Å²) in [6, 6.07) is 3.81. The summed E-state index contributed by atoms with van der Waals surface area (Å²) in [5.74, 6) is -0.186. The molecule has 1 fully saturated rings. The third-order valence-corrected chi connectivity index (χ3v) is 3.57. The normalized spacial score (nSPS) is 15.4. The molecule has 1 saturated carbocycles. The zero-order valence-electron chi connectivity index (χ0n) is 11.0. The molecular weight excluding hydrogens is 256 g/mol. The first-order valence-electron chi connectivity index (χ1n) is 6.72. The SMILES string of the molecule is Nc1onc(-c2cccnc2)c1C(=O)NC1CCCC1. The first-order chi connectivity index (χ1) is 9.75. The summed E-state index contributed by atoms with van der Waals surface area (Å²) in [4.78, 5) is 16.4. The van der Waals surface area contributed by atoms with E-state index in [2.05, 4.69) is 15.5 Å². The van der Waals surface area contributed by atoms with E-state index in [9.17, 15) is 4.79 Å². The first kappa shape index (κ1) is 12.7. The molecule has 1 aliphatic carbocycles. The minimum Gasteiger partial charge on any atom is -0.367 e. The molecule has 0 unspecified atom stereocenters. The number of rotatable bonds is 3. The largest absolute Gasteiger partial charge is 0.367 e. The number of anilines is 1. The van der Waals surface area contributed by atoms with Gasteiger partial charge in [0.1, 0.15) is 11.3 Å². The van der Waals surface area contributed by atoms with Gasteiger partial charge in [0.25, 0.3) is 5.91 Å². The lowest BCUT2D eigenvalue weighted by molar-refractivity contribution is 0.0939. The zero-order valence-corrected chi connectivity index (χ0v) is 11.0. The van der Waals surface area contributed by atoms with Crippen LogP contribution in [0, 0.1) is 0 Å². The van der Waals surface area contributed by atoms with Crippen LogP contribution in [-0.4, -0.2) is 22.1 Å². The topological polar surface area (TPSA) is 94.0 Å². The number of nitrogens with two attached hydrogens (primary N) is 1. The fourth-order valence-corrected chi connectivity index (χ4v) is 2.55. The predicted molar refractivity (Wildman–Crippen MR) is 73.9 cm³/mol. The van der Waals surface area contributed by atoms with Crippen LogP contribution in [0.25, 0.3) is 11.3 Å². The second-order valence-electron chi connectivity index (χ2n) is 4.97. The van der Waals surface area contributed by atoms with Crippen LogP contribution < -0.4 is 11.1 Å². The second kappa shape index (κ2) is 5.32. The smallest absolute Gasteiger partial charge is 0.259 e. The first-order valence-corrected chi connectivity index (χ1v) is 6.72. The van der Waals surface area contributed by atoms with Gasteiger partial charge in [0.15, 0.2) is 0 Å². The van der Waals surface area contributed by atoms with E-state index in [-0.39, 0.29) is 17.8 Å². The van der Waals surface area contributed by atoms with Gasteiger partial charge in [0, 0.05) is 24.0 Å². The molecule has 0 atom stereocenters. The Bertz CT molecular complexity index is 603. The van der Waals surface area contributed by atoms with E-state index in [1.165, 1.54) is 0 Å². The third kappa shape index (κ3) is 2.36. The molecule has 0 spiro atoms. The number of nitrogens with one attached hydrogen (secondary N) is 1. The van der Waals surface area contributed by atoms with Gasteiger partial charge < -0.3 is 15.6 Å². The number of carbonyl (C=O) groups excluding carboxylic acids is 1. The van der Waals surface area contributed by atoms with E-state index in [1.54, 1.807) is 18.5 Å². The van der Waals surface area contributed by atoms with Crippen molar-refractivity contribution in [1.29, 1.82) is 0 Å². The Labute approximate surface area is 116 Å². The zero-order chi connectivity index (χ0) is 13.9. The van der Waals surface area contributed by atoms with E-state index in [0.29, 0.717) is 16.8 Å². The minimum absolute atomic E-state index is 0.0411. The molecule has 0 aromatic carbocycles. The molecule has 1 aliphatic rings. The Hall–Kier alpha value is -2.37. The number of hydrogen-bond acceptors (Lipinski definition) is 5. The summed E-state index contributed by atoms with van der Waals surface area (Å²) >= 11 is 0. The Kier molecular flexibility index (Phi) is 3.37. The highest BCUT2D eigenvalue weighted by Gasteiger charge is 2.25. The molecule has 104 valence electrons. The lowest BCUT2D eigenvalue weighted by Gasteiger charge is -2.11. The van der Waals surface area contributed by atoms with Crippen molar-refractivity contribution in [3.8, 4) is 11.3 Å². The standard InChI is InChI=1S/C14H16N4O2/c15-13-11(14(19)17-10-5-1-2-6-10)12(18-20-13)9-4-3-7-16-8-9/h3-4,7-8,10H,1-2,5-6,15H2,(H,17,19). The van der Waals surface area contributed by atoms with Crippen LogP contribution in [0.1, 0.15) is 36.0 Å². The highest BCUT2D eigenvalue weighted by atomic mass is 16.5. The average molecular weight is 272 g/mol. The lowest BCUT2D eigenvalue weighted by Crippen LogP contribution is -2.33. The number of carbonyl (C=O) groups is 1. The van der Waals surface area contributed by atoms with Crippen LogP contribution in [-0.2, 0) is 0 Å². The minimum atomic E-state index is -0.227. The quantitative estimate of drug-likeness (QED) is 0.891. The summed E-state index contributed by atoms with van der Waals surface area (Å²) in [7, 11) is 0. The molecule has 6 heteroatoms. The van der Waals surface area contributed by atoms with Crippen molar-refractivity contribution in [2.45, 2.75) is 31.7 Å². The second-order valence-corrected chi connectivity index (χ2v) is 4.97. The maximum atomic E-state index is 12.4. The molecular formula is C14H16N4O2. The van der Waals surface area contributed by atoms with E-state index < -0.39 is 0 Å². The molecule has 6 nitrogen and oxygen atoms in total. The fraction of sp³-hybridized carbons (Fsp3) is 0.357. The lowest BCUT2D eigenvalue weighted by atomic mass is 10.1. The highest BCUT2D eigenvalue weighted by molar-refractivity contribution is 6.03. The van der Waals surface area contributed by atoms with Crippen molar-refractivity contribution in [2.24, 2.45) is 0 Å². The van der Waals surface area contributed by atoms with Gasteiger partial charge in [-0.15, -0.1) is 0 Å². The predicted octanol–water partition coefficient (Wildman–Crippen LogP) is 1.99. The van der Waals surface area contributed by atoms with Gasteiger partial charge in [-0.3, -0.25) is 9.78 Å². The van der Waals surface area contributed by atoms with E-state index in [4.69, 9.17) is 10.3 Å². The number of amides is 1. The monoisotopic (exact) mass is 272 g/mol. The number of hydrogen-bond donors (Lipinski definition) is 2. The summed E-state index contributed by atoms with van der Waals surface area (Å²) in [6.07, 6.45) is 7.62. The van der Waals surface area contributed by atoms with Crippen molar-refractivity contribution in [3.05, 3.63) is 30.1 Å². The van der Waals surface area contributed by atoms with E-state index >= 15 is 0 Å². The van der Waals surface area contributed by atoms with Crippen molar-refractivity contribution in [2.75, 3.05) is 5.73 Å². The Morgan fingerprint density at radius 2 is 2.20 bits per heavy atom. The summed E-state index contributed by atoms with van der Waals surface area (Å²) in [5, 5.41) is 6.87. The van der Waals surface area contributed by atoms with Gasteiger partial charge in [-0.25, -0.2) is 0 Å². The van der Waals surface area contributed by atoms with Gasteiger partial charge in [-0.05, 0) is 25.0 Å². The molecule has 20 heavy (non-hydrogen) atoms. The van der Waals surface area contributed by atoms with Crippen LogP contribution in [0.3, 0.4) is 0 Å². The maximum Gasteiger partial charge on any atom is 0.259 e. The molecule has 2 aromatic heterocycles. The maximum absolute atomic E-state index is 12.4. The van der Waals surface area contributed by atoms with Gasteiger partial charge in [0.2, 0.25) is 5.88 Å². The summed E-state index contributed by atoms with van der Waals surface area (Å²) in [6.45, 7) is 0. The van der Waals surface area contributed by atoms with Crippen molar-refractivity contribution in [3.63, 3.8) is 0 Å². The van der Waals surface area contributed by atoms with Crippen LogP contribution in [0.4, 0.5) is 5.88 Å². The summed E-state index contributed by atoms with van der Waals surface area (Å²) < 4.78 is 4.97. The molecule has 2 aromatic rings. The number of nitrogen functional groups attached to an aromatic ring is 1. The van der Waals surface area contributed by atoms with E-state index in [1.807, 2.05) is 6.07 Å². The number of nitrogens with zero attached hydrogens (tertiary/aromatic N) is 2. The molecule has 2 heterocycles. The molecule has 0 saturated heterocycles.